The highest BCUT2D eigenvalue weighted by molar-refractivity contribution is 6.69. The molecule has 1 aromatic heterocycles. The number of rotatable bonds is 12. The van der Waals surface area contributed by atoms with Crippen molar-refractivity contribution in [2.75, 3.05) is 38.3 Å². The first-order chi connectivity index (χ1) is 16.8. The van der Waals surface area contributed by atoms with Gasteiger partial charge in [-0.05, 0) is 57.6 Å². The number of hydrogen-bond donors (Lipinski definition) is 1. The van der Waals surface area contributed by atoms with E-state index < -0.39 is 14.1 Å². The summed E-state index contributed by atoms with van der Waals surface area (Å²) in [5, 5.41) is 12.0. The van der Waals surface area contributed by atoms with Gasteiger partial charge in [-0.25, -0.2) is 0 Å². The van der Waals surface area contributed by atoms with Crippen molar-refractivity contribution in [3.63, 3.8) is 0 Å². The molecule has 3 atom stereocenters. The first-order valence-electron chi connectivity index (χ1n) is 12.7. The molecule has 0 spiro atoms. The summed E-state index contributed by atoms with van der Waals surface area (Å²) < 4.78 is 24.2. The van der Waals surface area contributed by atoms with E-state index in [0.29, 0.717) is 19.3 Å². The Hall–Kier alpha value is -2.20. The lowest BCUT2D eigenvalue weighted by molar-refractivity contribution is -0.121. The van der Waals surface area contributed by atoms with Crippen molar-refractivity contribution in [3.05, 3.63) is 42.1 Å². The van der Waals surface area contributed by atoms with Crippen molar-refractivity contribution in [1.29, 1.82) is 0 Å². The highest BCUT2D eigenvalue weighted by Gasteiger charge is 2.59. The molecule has 0 bridgehead atoms. The Kier molecular flexibility index (Phi) is 8.31. The fourth-order valence-corrected chi connectivity index (χ4v) is 6.14. The molecule has 1 aliphatic carbocycles. The van der Waals surface area contributed by atoms with E-state index in [-0.39, 0.29) is 5.92 Å². The first kappa shape index (κ1) is 25.9. The SMILES string of the molecule is CCOC1(O[Si](C)(C)C)CC1COc1ccc(CN[C@@H]2CCCN(c3cccnn3)C2)c(OC)c1. The molecule has 9 heteroatoms. The van der Waals surface area contributed by atoms with Crippen LogP contribution in [0, 0.1) is 5.92 Å². The van der Waals surface area contributed by atoms with Gasteiger partial charge in [0.05, 0.1) is 19.6 Å². The number of nitrogens with zero attached hydrogens (tertiary/aromatic N) is 3. The number of aromatic nitrogens is 2. The minimum Gasteiger partial charge on any atom is -0.496 e. The third-order valence-electron chi connectivity index (χ3n) is 6.45. The largest absolute Gasteiger partial charge is 0.496 e. The van der Waals surface area contributed by atoms with E-state index >= 15 is 0 Å². The molecular weight excluding hydrogens is 460 g/mol. The summed E-state index contributed by atoms with van der Waals surface area (Å²) in [6, 6.07) is 10.4. The van der Waals surface area contributed by atoms with Crippen LogP contribution in [-0.2, 0) is 15.7 Å². The zero-order valence-corrected chi connectivity index (χ0v) is 22.8. The number of benzene rings is 1. The summed E-state index contributed by atoms with van der Waals surface area (Å²) in [7, 11) is 0.00594. The van der Waals surface area contributed by atoms with E-state index in [4.69, 9.17) is 18.6 Å². The molecule has 2 fully saturated rings. The van der Waals surface area contributed by atoms with Gasteiger partial charge in [-0.15, -0.1) is 5.10 Å². The predicted molar refractivity (Wildman–Crippen MR) is 139 cm³/mol. The van der Waals surface area contributed by atoms with Gasteiger partial charge < -0.3 is 28.9 Å². The Morgan fingerprint density at radius 3 is 2.80 bits per heavy atom. The second-order valence-electron chi connectivity index (χ2n) is 10.4. The topological polar surface area (TPSA) is 78.0 Å². The molecule has 0 amide bonds. The molecule has 1 N–H and O–H groups in total. The van der Waals surface area contributed by atoms with Gasteiger partial charge in [0.25, 0.3) is 0 Å². The van der Waals surface area contributed by atoms with Gasteiger partial charge >= 0.3 is 0 Å². The third kappa shape index (κ3) is 6.94. The molecule has 2 heterocycles. The van der Waals surface area contributed by atoms with Crippen molar-refractivity contribution >= 4 is 14.1 Å². The van der Waals surface area contributed by atoms with Crippen LogP contribution in [0.1, 0.15) is 31.7 Å². The quantitative estimate of drug-likeness (QED) is 0.343. The van der Waals surface area contributed by atoms with Gasteiger partial charge in [-0.2, -0.15) is 5.10 Å². The van der Waals surface area contributed by atoms with Gasteiger partial charge in [0.15, 0.2) is 19.9 Å². The molecule has 1 saturated carbocycles. The monoisotopic (exact) mass is 500 g/mol. The van der Waals surface area contributed by atoms with Crippen molar-refractivity contribution < 1.29 is 18.6 Å². The summed E-state index contributed by atoms with van der Waals surface area (Å²) in [5.74, 6) is 2.37. The molecule has 1 aliphatic heterocycles. The summed E-state index contributed by atoms with van der Waals surface area (Å²) in [6.07, 6.45) is 4.87. The Morgan fingerprint density at radius 2 is 2.09 bits per heavy atom. The molecule has 192 valence electrons. The zero-order chi connectivity index (χ0) is 24.9. The molecule has 0 radical (unpaired) electrons. The molecule has 8 nitrogen and oxygen atoms in total. The Labute approximate surface area is 210 Å². The first-order valence-corrected chi connectivity index (χ1v) is 16.1. The number of anilines is 1. The second-order valence-corrected chi connectivity index (χ2v) is 14.8. The lowest BCUT2D eigenvalue weighted by Gasteiger charge is -2.33. The van der Waals surface area contributed by atoms with Crippen molar-refractivity contribution in [3.8, 4) is 11.5 Å². The average molecular weight is 501 g/mol. The van der Waals surface area contributed by atoms with E-state index in [9.17, 15) is 0 Å². The maximum atomic E-state index is 6.36. The normalized spacial score (nSPS) is 24.3. The lowest BCUT2D eigenvalue weighted by atomic mass is 10.0. The zero-order valence-electron chi connectivity index (χ0n) is 21.8. The van der Waals surface area contributed by atoms with E-state index in [2.05, 4.69) is 46.1 Å². The summed E-state index contributed by atoms with van der Waals surface area (Å²) in [5.41, 5.74) is 1.12. The minimum absolute atomic E-state index is 0.255. The van der Waals surface area contributed by atoms with Crippen LogP contribution in [0.15, 0.2) is 36.5 Å². The van der Waals surface area contributed by atoms with Gasteiger partial charge in [-0.3, -0.25) is 0 Å². The number of ether oxygens (including phenoxy) is 3. The molecule has 2 aromatic rings. The van der Waals surface area contributed by atoms with Crippen molar-refractivity contribution in [1.82, 2.24) is 15.5 Å². The third-order valence-corrected chi connectivity index (χ3v) is 7.41. The molecule has 4 rings (SSSR count). The van der Waals surface area contributed by atoms with E-state index in [1.807, 2.05) is 31.2 Å². The fraction of sp³-hybridized carbons (Fsp3) is 0.615. The molecule has 2 aliphatic rings. The molecule has 35 heavy (non-hydrogen) atoms. The second kappa shape index (κ2) is 11.2. The Balaban J connectivity index is 1.30. The van der Waals surface area contributed by atoms with Crippen LogP contribution in [0.5, 0.6) is 11.5 Å². The van der Waals surface area contributed by atoms with E-state index in [1.165, 1.54) is 0 Å². The maximum Gasteiger partial charge on any atom is 0.187 e. The summed E-state index contributed by atoms with van der Waals surface area (Å²) in [4.78, 5) is 2.30. The highest BCUT2D eigenvalue weighted by atomic mass is 28.4. The van der Waals surface area contributed by atoms with E-state index in [0.717, 1.165) is 61.8 Å². The van der Waals surface area contributed by atoms with Crippen LogP contribution in [-0.4, -0.2) is 63.8 Å². The standard InChI is InChI=1S/C26H40N4O4Si/c1-6-33-26(34-35(3,4)5)16-21(26)19-32-23-12-11-20(24(15-23)31-2)17-27-22-9-8-14-30(18-22)25-10-7-13-28-29-25/h7,10-13,15,21-22,27H,6,8-9,14,16-19H2,1-5H3/t21?,22-,26?/m1/s1. The Morgan fingerprint density at radius 1 is 1.23 bits per heavy atom. The number of nitrogens with one attached hydrogen (secondary N) is 1. The van der Waals surface area contributed by atoms with Crippen molar-refractivity contribution in [2.45, 2.75) is 64.2 Å². The van der Waals surface area contributed by atoms with Gasteiger partial charge in [-0.1, -0.05) is 6.07 Å². The number of methoxy groups -OCH3 is 1. The lowest BCUT2D eigenvalue weighted by Crippen LogP contribution is -2.45. The minimum atomic E-state index is -1.70. The van der Waals surface area contributed by atoms with E-state index in [1.54, 1.807) is 13.3 Å². The van der Waals surface area contributed by atoms with Gasteiger partial charge in [0.2, 0.25) is 0 Å². The predicted octanol–water partition coefficient (Wildman–Crippen LogP) is 4.23. The van der Waals surface area contributed by atoms with Crippen LogP contribution in [0.4, 0.5) is 5.82 Å². The van der Waals surface area contributed by atoms with Crippen LogP contribution in [0.25, 0.3) is 0 Å². The fourth-order valence-electron chi connectivity index (χ4n) is 4.79. The molecule has 1 aromatic carbocycles. The van der Waals surface area contributed by atoms with Crippen LogP contribution in [0.3, 0.4) is 0 Å². The smallest absolute Gasteiger partial charge is 0.187 e. The summed E-state index contributed by atoms with van der Waals surface area (Å²) >= 11 is 0. The molecular formula is C26H40N4O4Si. The Bertz CT molecular complexity index is 958. The number of hydrogen-bond acceptors (Lipinski definition) is 8. The van der Waals surface area contributed by atoms with Gasteiger partial charge in [0, 0.05) is 56.5 Å². The average Bonchev–Trinajstić information content (AvgIpc) is 3.52. The molecule has 2 unspecified atom stereocenters. The van der Waals surface area contributed by atoms with Crippen LogP contribution >= 0.6 is 0 Å². The highest BCUT2D eigenvalue weighted by Crippen LogP contribution is 2.49. The van der Waals surface area contributed by atoms with Crippen LogP contribution in [0.2, 0.25) is 19.6 Å². The number of piperidine rings is 1. The maximum absolute atomic E-state index is 6.36. The van der Waals surface area contributed by atoms with Gasteiger partial charge in [0.1, 0.15) is 11.5 Å². The van der Waals surface area contributed by atoms with Crippen molar-refractivity contribution in [2.24, 2.45) is 5.92 Å². The van der Waals surface area contributed by atoms with Crippen LogP contribution < -0.4 is 19.7 Å². The summed E-state index contributed by atoms with van der Waals surface area (Å²) in [6.45, 7) is 12.5. The molecule has 1 saturated heterocycles.